The van der Waals surface area contributed by atoms with Gasteiger partial charge in [0, 0.05) is 22.8 Å². The molecule has 128 valence electrons. The summed E-state index contributed by atoms with van der Waals surface area (Å²) in [5.41, 5.74) is 6.79. The number of ether oxygens (including phenoxy) is 1. The molecular weight excluding hydrogens is 332 g/mol. The molecule has 0 aliphatic heterocycles. The predicted molar refractivity (Wildman–Crippen MR) is 103 cm³/mol. The number of guanidine groups is 1. The first-order valence-corrected chi connectivity index (χ1v) is 8.88. The largest absolute Gasteiger partial charge is 0.457 e. The molecule has 0 radical (unpaired) electrons. The van der Waals surface area contributed by atoms with E-state index in [1.54, 1.807) is 11.3 Å². The van der Waals surface area contributed by atoms with E-state index in [4.69, 9.17) is 10.5 Å². The van der Waals surface area contributed by atoms with Gasteiger partial charge in [-0.1, -0.05) is 31.2 Å². The van der Waals surface area contributed by atoms with Crippen LogP contribution in [0.15, 0.2) is 65.8 Å². The second kappa shape index (κ2) is 8.30. The summed E-state index contributed by atoms with van der Waals surface area (Å²) in [6.45, 7) is 2.59. The number of benzene rings is 2. The quantitative estimate of drug-likeness (QED) is 0.509. The van der Waals surface area contributed by atoms with Crippen molar-refractivity contribution in [2.45, 2.75) is 19.9 Å². The van der Waals surface area contributed by atoms with Crippen molar-refractivity contribution in [3.8, 4) is 11.5 Å². The molecule has 5 nitrogen and oxygen atoms in total. The van der Waals surface area contributed by atoms with Gasteiger partial charge in [-0.2, -0.15) is 0 Å². The SMILES string of the molecule is CCc1cnc(CN=C(N)Nc2cccc(Oc3ccccc3)c2)s1. The van der Waals surface area contributed by atoms with Crippen molar-refractivity contribution in [1.82, 2.24) is 4.98 Å². The van der Waals surface area contributed by atoms with Crippen molar-refractivity contribution >= 4 is 23.0 Å². The molecule has 3 N–H and O–H groups in total. The Hall–Kier alpha value is -2.86. The van der Waals surface area contributed by atoms with Gasteiger partial charge >= 0.3 is 0 Å². The number of nitrogens with two attached hydrogens (primary N) is 1. The van der Waals surface area contributed by atoms with E-state index >= 15 is 0 Å². The van der Waals surface area contributed by atoms with E-state index in [1.165, 1.54) is 4.88 Å². The van der Waals surface area contributed by atoms with Crippen molar-refractivity contribution in [1.29, 1.82) is 0 Å². The minimum absolute atomic E-state index is 0.352. The van der Waals surface area contributed by atoms with E-state index < -0.39 is 0 Å². The predicted octanol–water partition coefficient (Wildman–Crippen LogP) is 4.42. The van der Waals surface area contributed by atoms with Crippen LogP contribution in [0.5, 0.6) is 11.5 Å². The van der Waals surface area contributed by atoms with Crippen LogP contribution >= 0.6 is 11.3 Å². The Bertz CT molecular complexity index is 845. The van der Waals surface area contributed by atoms with Crippen molar-refractivity contribution in [2.24, 2.45) is 10.7 Å². The van der Waals surface area contributed by atoms with Gasteiger partial charge < -0.3 is 15.8 Å². The summed E-state index contributed by atoms with van der Waals surface area (Å²) in [6, 6.07) is 17.2. The molecule has 3 rings (SSSR count). The molecule has 1 heterocycles. The molecule has 25 heavy (non-hydrogen) atoms. The summed E-state index contributed by atoms with van der Waals surface area (Å²) in [7, 11) is 0. The molecule has 0 atom stereocenters. The van der Waals surface area contributed by atoms with E-state index in [0.717, 1.165) is 28.6 Å². The molecule has 0 aliphatic rings. The topological polar surface area (TPSA) is 72.5 Å². The Labute approximate surface area is 151 Å². The molecule has 3 aromatic rings. The fraction of sp³-hybridized carbons (Fsp3) is 0.158. The number of nitrogens with one attached hydrogen (secondary N) is 1. The number of hydrogen-bond donors (Lipinski definition) is 2. The Morgan fingerprint density at radius 3 is 2.72 bits per heavy atom. The molecular formula is C19H20N4OS. The van der Waals surface area contributed by atoms with Crippen LogP contribution in [0, 0.1) is 0 Å². The number of nitrogens with zero attached hydrogens (tertiary/aromatic N) is 2. The number of rotatable bonds is 6. The molecule has 1 aromatic heterocycles. The lowest BCUT2D eigenvalue weighted by Gasteiger charge is -2.09. The van der Waals surface area contributed by atoms with Gasteiger partial charge in [0.15, 0.2) is 5.96 Å². The van der Waals surface area contributed by atoms with Crippen molar-refractivity contribution in [3.05, 3.63) is 70.7 Å². The van der Waals surface area contributed by atoms with E-state index in [-0.39, 0.29) is 0 Å². The first-order valence-electron chi connectivity index (χ1n) is 8.06. The smallest absolute Gasteiger partial charge is 0.193 e. The minimum atomic E-state index is 0.352. The molecule has 0 unspecified atom stereocenters. The lowest BCUT2D eigenvalue weighted by Crippen LogP contribution is -2.22. The zero-order valence-electron chi connectivity index (χ0n) is 14.0. The monoisotopic (exact) mass is 352 g/mol. The van der Waals surface area contributed by atoms with Crippen LogP contribution in [-0.4, -0.2) is 10.9 Å². The van der Waals surface area contributed by atoms with Gasteiger partial charge in [0.25, 0.3) is 0 Å². The van der Waals surface area contributed by atoms with Gasteiger partial charge in [-0.3, -0.25) is 0 Å². The highest BCUT2D eigenvalue weighted by Crippen LogP contribution is 2.23. The van der Waals surface area contributed by atoms with Crippen LogP contribution in [0.4, 0.5) is 5.69 Å². The highest BCUT2D eigenvalue weighted by Gasteiger charge is 2.02. The van der Waals surface area contributed by atoms with Crippen molar-refractivity contribution in [2.75, 3.05) is 5.32 Å². The van der Waals surface area contributed by atoms with Crippen LogP contribution in [-0.2, 0) is 13.0 Å². The van der Waals surface area contributed by atoms with E-state index in [1.807, 2.05) is 60.8 Å². The standard InChI is InChI=1S/C19H20N4OS/c1-2-17-12-21-18(25-17)13-22-19(20)23-14-7-6-10-16(11-14)24-15-8-4-3-5-9-15/h3-12H,2,13H2,1H3,(H3,20,22,23). The summed E-state index contributed by atoms with van der Waals surface area (Å²) in [4.78, 5) is 9.93. The number of aryl methyl sites for hydroxylation is 1. The first-order chi connectivity index (χ1) is 12.2. The molecule has 0 amide bonds. The van der Waals surface area contributed by atoms with Crippen LogP contribution < -0.4 is 15.8 Å². The first kappa shape index (κ1) is 17.0. The lowest BCUT2D eigenvalue weighted by molar-refractivity contribution is 0.483. The third-order valence-corrected chi connectivity index (χ3v) is 4.55. The maximum absolute atomic E-state index is 5.97. The van der Waals surface area contributed by atoms with Gasteiger partial charge in [0.2, 0.25) is 0 Å². The maximum atomic E-state index is 5.97. The average molecular weight is 352 g/mol. The van der Waals surface area contributed by atoms with Gasteiger partial charge in [-0.15, -0.1) is 11.3 Å². The van der Waals surface area contributed by atoms with Crippen LogP contribution in [0.2, 0.25) is 0 Å². The van der Waals surface area contributed by atoms with Crippen molar-refractivity contribution in [3.63, 3.8) is 0 Å². The Kier molecular flexibility index (Phi) is 5.64. The van der Waals surface area contributed by atoms with Gasteiger partial charge in [-0.05, 0) is 30.7 Å². The zero-order chi connectivity index (χ0) is 17.5. The third kappa shape index (κ3) is 5.06. The van der Waals surface area contributed by atoms with Gasteiger partial charge in [0.1, 0.15) is 16.5 Å². The highest BCUT2D eigenvalue weighted by atomic mass is 32.1. The van der Waals surface area contributed by atoms with Crippen LogP contribution in [0.3, 0.4) is 0 Å². The van der Waals surface area contributed by atoms with Crippen LogP contribution in [0.25, 0.3) is 0 Å². The molecule has 2 aromatic carbocycles. The highest BCUT2D eigenvalue weighted by molar-refractivity contribution is 7.11. The van der Waals surface area contributed by atoms with Gasteiger partial charge in [0.05, 0.1) is 6.54 Å². The molecule has 6 heteroatoms. The number of thiazole rings is 1. The number of para-hydroxylation sites is 1. The Balaban J connectivity index is 1.61. The molecule has 0 bridgehead atoms. The minimum Gasteiger partial charge on any atom is -0.457 e. The second-order valence-electron chi connectivity index (χ2n) is 5.34. The van der Waals surface area contributed by atoms with E-state index in [0.29, 0.717) is 12.5 Å². The average Bonchev–Trinajstić information content (AvgIpc) is 3.09. The second-order valence-corrected chi connectivity index (χ2v) is 6.54. The summed E-state index contributed by atoms with van der Waals surface area (Å²) in [6.07, 6.45) is 2.88. The number of aliphatic imine (C=N–C) groups is 1. The molecule has 0 saturated heterocycles. The fourth-order valence-corrected chi connectivity index (χ4v) is 2.97. The summed E-state index contributed by atoms with van der Waals surface area (Å²) < 4.78 is 5.82. The number of hydrogen-bond acceptors (Lipinski definition) is 4. The third-order valence-electron chi connectivity index (χ3n) is 3.42. The van der Waals surface area contributed by atoms with Crippen LogP contribution in [0.1, 0.15) is 16.8 Å². The maximum Gasteiger partial charge on any atom is 0.193 e. The summed E-state index contributed by atoms with van der Waals surface area (Å²) in [5, 5.41) is 4.04. The molecule has 0 aliphatic carbocycles. The lowest BCUT2D eigenvalue weighted by atomic mass is 10.3. The molecule has 0 saturated carbocycles. The van der Waals surface area contributed by atoms with Crippen molar-refractivity contribution < 1.29 is 4.74 Å². The van der Waals surface area contributed by atoms with E-state index in [9.17, 15) is 0 Å². The fourth-order valence-electron chi connectivity index (χ4n) is 2.19. The number of aromatic nitrogens is 1. The summed E-state index contributed by atoms with van der Waals surface area (Å²) in [5.74, 6) is 1.87. The molecule has 0 fully saturated rings. The van der Waals surface area contributed by atoms with E-state index in [2.05, 4.69) is 22.2 Å². The number of anilines is 1. The van der Waals surface area contributed by atoms with Gasteiger partial charge in [-0.25, -0.2) is 9.98 Å². The Morgan fingerprint density at radius 1 is 1.16 bits per heavy atom. The molecule has 0 spiro atoms. The summed E-state index contributed by atoms with van der Waals surface area (Å²) >= 11 is 1.66. The zero-order valence-corrected chi connectivity index (χ0v) is 14.8. The Morgan fingerprint density at radius 2 is 1.96 bits per heavy atom. The normalized spacial score (nSPS) is 11.3.